The predicted octanol–water partition coefficient (Wildman–Crippen LogP) is 4.56. The molecule has 1 heterocycles. The van der Waals surface area contributed by atoms with Crippen molar-refractivity contribution in [3.05, 3.63) is 89.0 Å². The maximum atomic E-state index is 13.7. The summed E-state index contributed by atoms with van der Waals surface area (Å²) < 4.78 is 11.1. The number of amides is 1. The largest absolute Gasteiger partial charge is 0.493 e. The summed E-state index contributed by atoms with van der Waals surface area (Å²) in [4.78, 5) is 17.7. The van der Waals surface area contributed by atoms with Crippen LogP contribution in [0.1, 0.15) is 33.1 Å². The van der Waals surface area contributed by atoms with Crippen molar-refractivity contribution in [2.75, 3.05) is 39.8 Å². The zero-order valence-electron chi connectivity index (χ0n) is 18.5. The summed E-state index contributed by atoms with van der Waals surface area (Å²) in [5.74, 6) is 1.41. The van der Waals surface area contributed by atoms with Gasteiger partial charge in [0, 0.05) is 31.9 Å². The fourth-order valence-electron chi connectivity index (χ4n) is 4.24. The highest BCUT2D eigenvalue weighted by Gasteiger charge is 2.33. The van der Waals surface area contributed by atoms with E-state index in [0.717, 1.165) is 23.2 Å². The minimum atomic E-state index is -0.194. The van der Waals surface area contributed by atoms with Crippen LogP contribution in [0, 0.1) is 0 Å². The van der Waals surface area contributed by atoms with Crippen LogP contribution in [0.25, 0.3) is 0 Å². The molecule has 0 unspecified atom stereocenters. The van der Waals surface area contributed by atoms with E-state index in [9.17, 15) is 4.79 Å². The Kier molecular flexibility index (Phi) is 5.85. The van der Waals surface area contributed by atoms with E-state index in [2.05, 4.69) is 12.1 Å². The van der Waals surface area contributed by atoms with Crippen molar-refractivity contribution in [2.24, 2.45) is 0 Å². The fraction of sp³-hybridized carbons (Fsp3) is 0.269. The Hall–Kier alpha value is -3.47. The van der Waals surface area contributed by atoms with E-state index in [1.165, 1.54) is 5.56 Å². The normalized spacial score (nSPS) is 15.2. The summed E-state index contributed by atoms with van der Waals surface area (Å²) in [5, 5.41) is 0. The summed E-state index contributed by atoms with van der Waals surface area (Å²) in [6, 6.07) is 21.8. The third-order valence-corrected chi connectivity index (χ3v) is 5.86. The van der Waals surface area contributed by atoms with Gasteiger partial charge in [0.25, 0.3) is 5.91 Å². The highest BCUT2D eigenvalue weighted by atomic mass is 16.5. The first-order valence-electron chi connectivity index (χ1n) is 10.4. The molecular formula is C26H28N2O3. The van der Waals surface area contributed by atoms with E-state index in [-0.39, 0.29) is 11.9 Å². The van der Waals surface area contributed by atoms with Crippen molar-refractivity contribution in [2.45, 2.75) is 12.5 Å². The average molecular weight is 417 g/mol. The molecule has 0 bridgehead atoms. The fourth-order valence-corrected chi connectivity index (χ4v) is 4.24. The van der Waals surface area contributed by atoms with Gasteiger partial charge in [-0.3, -0.25) is 4.79 Å². The molecule has 1 amide bonds. The number of benzene rings is 3. The number of ether oxygens (including phenoxy) is 2. The molecule has 0 spiro atoms. The van der Waals surface area contributed by atoms with Crippen LogP contribution in [0.15, 0.2) is 66.7 Å². The zero-order chi connectivity index (χ0) is 22.0. The van der Waals surface area contributed by atoms with Gasteiger partial charge >= 0.3 is 0 Å². The second kappa shape index (κ2) is 8.72. The average Bonchev–Trinajstić information content (AvgIpc) is 2.82. The van der Waals surface area contributed by atoms with Crippen molar-refractivity contribution in [1.82, 2.24) is 4.90 Å². The van der Waals surface area contributed by atoms with E-state index >= 15 is 0 Å². The molecule has 0 aromatic heterocycles. The van der Waals surface area contributed by atoms with E-state index in [4.69, 9.17) is 9.47 Å². The van der Waals surface area contributed by atoms with Gasteiger partial charge in [0.15, 0.2) is 11.5 Å². The molecule has 0 saturated carbocycles. The molecule has 1 aliphatic rings. The lowest BCUT2D eigenvalue weighted by Crippen LogP contribution is -2.40. The number of rotatable bonds is 5. The summed E-state index contributed by atoms with van der Waals surface area (Å²) in [6.45, 7) is 0.632. The molecule has 1 aliphatic heterocycles. The monoisotopic (exact) mass is 416 g/mol. The molecular weight excluding hydrogens is 388 g/mol. The lowest BCUT2D eigenvalue weighted by atomic mass is 9.87. The third kappa shape index (κ3) is 3.96. The SMILES string of the molecule is COc1cc2c(cc1OC)[C@H](c1ccccc1)N(C(=O)c1cccc(N(C)C)c1)CC2. The van der Waals surface area contributed by atoms with E-state index in [1.807, 2.05) is 78.5 Å². The first-order valence-corrected chi connectivity index (χ1v) is 10.4. The molecule has 3 aromatic carbocycles. The maximum Gasteiger partial charge on any atom is 0.254 e. The standard InChI is InChI=1S/C26H28N2O3/c1-27(2)21-12-8-11-20(15-21)26(29)28-14-13-19-16-23(30-3)24(31-4)17-22(19)25(28)18-9-6-5-7-10-18/h5-12,15-17,25H,13-14H2,1-4H3/t25-/m0/s1. The second-order valence-corrected chi connectivity index (χ2v) is 7.91. The topological polar surface area (TPSA) is 42.0 Å². The number of hydrogen-bond acceptors (Lipinski definition) is 4. The van der Waals surface area contributed by atoms with Crippen molar-refractivity contribution in [3.8, 4) is 11.5 Å². The first-order chi connectivity index (χ1) is 15.0. The van der Waals surface area contributed by atoms with Gasteiger partial charge < -0.3 is 19.3 Å². The lowest BCUT2D eigenvalue weighted by molar-refractivity contribution is 0.0694. The Morgan fingerprint density at radius 2 is 1.65 bits per heavy atom. The predicted molar refractivity (Wildman–Crippen MR) is 123 cm³/mol. The molecule has 5 nitrogen and oxygen atoms in total. The number of fused-ring (bicyclic) bond motifs is 1. The Labute approximate surface area is 183 Å². The summed E-state index contributed by atoms with van der Waals surface area (Å²) in [6.07, 6.45) is 0.762. The Morgan fingerprint density at radius 1 is 0.935 bits per heavy atom. The first kappa shape index (κ1) is 20.8. The van der Waals surface area contributed by atoms with Gasteiger partial charge in [-0.2, -0.15) is 0 Å². The molecule has 0 fully saturated rings. The Morgan fingerprint density at radius 3 is 2.32 bits per heavy atom. The number of nitrogens with zero attached hydrogens (tertiary/aromatic N) is 2. The molecule has 160 valence electrons. The summed E-state index contributed by atoms with van der Waals surface area (Å²) >= 11 is 0. The summed E-state index contributed by atoms with van der Waals surface area (Å²) in [7, 11) is 7.25. The smallest absolute Gasteiger partial charge is 0.254 e. The van der Waals surface area contributed by atoms with Crippen LogP contribution in [-0.4, -0.2) is 45.7 Å². The van der Waals surface area contributed by atoms with Gasteiger partial charge in [0.05, 0.1) is 20.3 Å². The minimum Gasteiger partial charge on any atom is -0.493 e. The lowest BCUT2D eigenvalue weighted by Gasteiger charge is -2.38. The van der Waals surface area contributed by atoms with Gasteiger partial charge in [-0.15, -0.1) is 0 Å². The zero-order valence-corrected chi connectivity index (χ0v) is 18.5. The van der Waals surface area contributed by atoms with Gasteiger partial charge in [0.2, 0.25) is 0 Å². The van der Waals surface area contributed by atoms with Crippen LogP contribution in [-0.2, 0) is 6.42 Å². The van der Waals surface area contributed by atoms with E-state index in [1.54, 1.807) is 14.2 Å². The molecule has 0 aliphatic carbocycles. The number of methoxy groups -OCH3 is 2. The molecule has 0 N–H and O–H groups in total. The number of carbonyl (C=O) groups excluding carboxylic acids is 1. The van der Waals surface area contributed by atoms with Crippen molar-refractivity contribution < 1.29 is 14.3 Å². The van der Waals surface area contributed by atoms with Crippen LogP contribution < -0.4 is 14.4 Å². The molecule has 31 heavy (non-hydrogen) atoms. The Balaban J connectivity index is 1.82. The molecule has 4 rings (SSSR count). The van der Waals surface area contributed by atoms with Crippen molar-refractivity contribution >= 4 is 11.6 Å². The summed E-state index contributed by atoms with van der Waals surface area (Å²) in [5.41, 5.74) is 5.03. The second-order valence-electron chi connectivity index (χ2n) is 7.91. The Bertz CT molecular complexity index is 1080. The van der Waals surface area contributed by atoms with Crippen LogP contribution >= 0.6 is 0 Å². The molecule has 0 radical (unpaired) electrons. The van der Waals surface area contributed by atoms with Gasteiger partial charge in [-0.25, -0.2) is 0 Å². The number of anilines is 1. The number of carbonyl (C=O) groups is 1. The highest BCUT2D eigenvalue weighted by molar-refractivity contribution is 5.96. The van der Waals surface area contributed by atoms with Crippen LogP contribution in [0.4, 0.5) is 5.69 Å². The van der Waals surface area contributed by atoms with E-state index < -0.39 is 0 Å². The van der Waals surface area contributed by atoms with Crippen LogP contribution in [0.5, 0.6) is 11.5 Å². The van der Waals surface area contributed by atoms with Gasteiger partial charge in [-0.05, 0) is 53.4 Å². The van der Waals surface area contributed by atoms with Crippen molar-refractivity contribution in [1.29, 1.82) is 0 Å². The molecule has 1 atom stereocenters. The van der Waals surface area contributed by atoms with Gasteiger partial charge in [0.1, 0.15) is 0 Å². The molecule has 5 heteroatoms. The molecule has 3 aromatic rings. The van der Waals surface area contributed by atoms with Crippen LogP contribution in [0.3, 0.4) is 0 Å². The number of hydrogen-bond donors (Lipinski definition) is 0. The quantitative estimate of drug-likeness (QED) is 0.612. The van der Waals surface area contributed by atoms with Crippen LogP contribution in [0.2, 0.25) is 0 Å². The van der Waals surface area contributed by atoms with Gasteiger partial charge in [-0.1, -0.05) is 36.4 Å². The third-order valence-electron chi connectivity index (χ3n) is 5.86. The van der Waals surface area contributed by atoms with Crippen molar-refractivity contribution in [3.63, 3.8) is 0 Å². The minimum absolute atomic E-state index is 0.0259. The molecule has 0 saturated heterocycles. The highest BCUT2D eigenvalue weighted by Crippen LogP contribution is 2.41. The van der Waals surface area contributed by atoms with E-state index in [0.29, 0.717) is 23.6 Å². The maximum absolute atomic E-state index is 13.7.